The summed E-state index contributed by atoms with van der Waals surface area (Å²) in [6, 6.07) is 1.71. The van der Waals surface area contributed by atoms with E-state index >= 15 is 0 Å². The molecule has 0 aliphatic carbocycles. The van der Waals surface area contributed by atoms with Crippen molar-refractivity contribution in [3.8, 4) is 5.75 Å². The van der Waals surface area contributed by atoms with Gasteiger partial charge in [-0.2, -0.15) is 0 Å². The molecule has 2 N–H and O–H groups in total. The van der Waals surface area contributed by atoms with E-state index in [1.165, 1.54) is 51.4 Å². The maximum Gasteiger partial charge on any atom is 0.335 e. The highest BCUT2D eigenvalue weighted by atomic mass is 16.4. The molecule has 0 amide bonds. The van der Waals surface area contributed by atoms with Crippen molar-refractivity contribution in [3.05, 3.63) is 28.3 Å². The van der Waals surface area contributed by atoms with E-state index in [0.717, 1.165) is 29.5 Å². The first kappa shape index (κ1) is 26.5. The predicted molar refractivity (Wildman–Crippen MR) is 128 cm³/mol. The minimum atomic E-state index is -0.895. The van der Waals surface area contributed by atoms with Gasteiger partial charge in [-0.05, 0) is 35.3 Å². The monoisotopic (exact) mass is 418 g/mol. The third-order valence-electron chi connectivity index (χ3n) is 5.98. The molecular weight excluding hydrogens is 372 g/mol. The average Bonchev–Trinajstić information content (AvgIpc) is 2.60. The van der Waals surface area contributed by atoms with Gasteiger partial charge in [0.2, 0.25) is 0 Å². The molecule has 1 aromatic rings. The summed E-state index contributed by atoms with van der Waals surface area (Å²) in [5.74, 6) is -0.616. The number of aromatic carboxylic acids is 1. The normalized spacial score (nSPS) is 12.4. The first-order valence-electron chi connectivity index (χ1n) is 12.0. The van der Waals surface area contributed by atoms with E-state index in [9.17, 15) is 15.0 Å². The van der Waals surface area contributed by atoms with Gasteiger partial charge in [-0.15, -0.1) is 0 Å². The maximum atomic E-state index is 12.1. The van der Waals surface area contributed by atoms with Gasteiger partial charge in [0.1, 0.15) is 5.75 Å². The van der Waals surface area contributed by atoms with E-state index in [1.807, 2.05) is 20.8 Å². The second kappa shape index (κ2) is 11.8. The second-order valence-corrected chi connectivity index (χ2v) is 10.9. The van der Waals surface area contributed by atoms with Gasteiger partial charge >= 0.3 is 5.97 Å². The lowest BCUT2D eigenvalue weighted by atomic mass is 9.74. The fourth-order valence-electron chi connectivity index (χ4n) is 4.33. The lowest BCUT2D eigenvalue weighted by Gasteiger charge is -2.30. The van der Waals surface area contributed by atoms with Gasteiger partial charge in [-0.3, -0.25) is 0 Å². The van der Waals surface area contributed by atoms with Gasteiger partial charge in [0, 0.05) is 11.1 Å². The molecule has 0 unspecified atom stereocenters. The summed E-state index contributed by atoms with van der Waals surface area (Å²) in [6.07, 6.45) is 13.2. The maximum absolute atomic E-state index is 12.1. The Bertz CT molecular complexity index is 675. The zero-order valence-corrected chi connectivity index (χ0v) is 20.7. The van der Waals surface area contributed by atoms with Gasteiger partial charge in [-0.1, -0.05) is 106 Å². The summed E-state index contributed by atoms with van der Waals surface area (Å²) in [5.41, 5.74) is 2.08. The molecule has 3 nitrogen and oxygen atoms in total. The van der Waals surface area contributed by atoms with Crippen LogP contribution >= 0.6 is 0 Å². The third kappa shape index (κ3) is 7.96. The van der Waals surface area contributed by atoms with Crippen molar-refractivity contribution in [2.75, 3.05) is 0 Å². The van der Waals surface area contributed by atoms with E-state index in [1.54, 1.807) is 6.07 Å². The molecule has 0 saturated heterocycles. The quantitative estimate of drug-likeness (QED) is 0.337. The lowest BCUT2D eigenvalue weighted by molar-refractivity contribution is 0.0695. The van der Waals surface area contributed by atoms with Gasteiger partial charge < -0.3 is 10.2 Å². The van der Waals surface area contributed by atoms with Crippen molar-refractivity contribution in [2.45, 2.75) is 130 Å². The molecule has 0 saturated carbocycles. The number of carbonyl (C=O) groups is 1. The van der Waals surface area contributed by atoms with Crippen LogP contribution < -0.4 is 0 Å². The molecule has 1 rings (SSSR count). The molecule has 0 radical (unpaired) electrons. The van der Waals surface area contributed by atoms with Gasteiger partial charge in [0.25, 0.3) is 0 Å². The number of unbranched alkanes of at least 4 members (excludes halogenated alkanes) is 9. The molecular formula is C27H46O3. The Balaban J connectivity index is 2.88. The highest BCUT2D eigenvalue weighted by molar-refractivity contribution is 5.91. The molecule has 1 aromatic carbocycles. The topological polar surface area (TPSA) is 57.5 Å². The van der Waals surface area contributed by atoms with Gasteiger partial charge in [0.15, 0.2) is 0 Å². The van der Waals surface area contributed by atoms with Crippen molar-refractivity contribution in [1.82, 2.24) is 0 Å². The molecule has 0 bridgehead atoms. The molecule has 30 heavy (non-hydrogen) atoms. The van der Waals surface area contributed by atoms with E-state index in [-0.39, 0.29) is 16.6 Å². The van der Waals surface area contributed by atoms with Crippen LogP contribution in [0.2, 0.25) is 0 Å². The number of carboxylic acids is 1. The fraction of sp³-hybridized carbons (Fsp3) is 0.741. The number of rotatable bonds is 12. The Morgan fingerprint density at radius 3 is 1.67 bits per heavy atom. The summed E-state index contributed by atoms with van der Waals surface area (Å²) in [5, 5.41) is 21.0. The van der Waals surface area contributed by atoms with Gasteiger partial charge in [-0.25, -0.2) is 4.79 Å². The number of phenols is 1. The van der Waals surface area contributed by atoms with E-state index in [2.05, 4.69) is 27.7 Å². The zero-order chi connectivity index (χ0) is 22.9. The molecule has 172 valence electrons. The van der Waals surface area contributed by atoms with Gasteiger partial charge in [0.05, 0.1) is 5.56 Å². The Kier molecular flexibility index (Phi) is 10.4. The summed E-state index contributed by atoms with van der Waals surface area (Å²) in [7, 11) is 0. The Labute approximate surface area is 185 Å². The SMILES string of the molecule is CCCCCCCCCCCCc1c(C(=O)O)cc(C(C)(C)C)c(O)c1C(C)(C)C. The van der Waals surface area contributed by atoms with Crippen LogP contribution in [0.3, 0.4) is 0 Å². The minimum absolute atomic E-state index is 0.280. The van der Waals surface area contributed by atoms with Crippen LogP contribution in [0, 0.1) is 0 Å². The van der Waals surface area contributed by atoms with Crippen molar-refractivity contribution in [3.63, 3.8) is 0 Å². The number of hydrogen-bond acceptors (Lipinski definition) is 2. The van der Waals surface area contributed by atoms with E-state index in [4.69, 9.17) is 0 Å². The van der Waals surface area contributed by atoms with Crippen molar-refractivity contribution < 1.29 is 15.0 Å². The smallest absolute Gasteiger partial charge is 0.335 e. The highest BCUT2D eigenvalue weighted by Gasteiger charge is 2.31. The van der Waals surface area contributed by atoms with Crippen LogP contribution in [0.5, 0.6) is 5.75 Å². The highest BCUT2D eigenvalue weighted by Crippen LogP contribution is 2.43. The molecule has 0 heterocycles. The van der Waals surface area contributed by atoms with Crippen molar-refractivity contribution in [1.29, 1.82) is 0 Å². The van der Waals surface area contributed by atoms with Crippen LogP contribution in [-0.4, -0.2) is 16.2 Å². The van der Waals surface area contributed by atoms with Crippen LogP contribution in [0.15, 0.2) is 6.07 Å². The Morgan fingerprint density at radius 1 is 0.800 bits per heavy atom. The molecule has 3 heteroatoms. The lowest BCUT2D eigenvalue weighted by Crippen LogP contribution is -2.22. The number of carboxylic acid groups (broad SMARTS) is 1. The van der Waals surface area contributed by atoms with E-state index in [0.29, 0.717) is 12.0 Å². The first-order valence-corrected chi connectivity index (χ1v) is 12.0. The number of aromatic hydroxyl groups is 1. The summed E-state index contributed by atoms with van der Waals surface area (Å²) in [4.78, 5) is 12.1. The second-order valence-electron chi connectivity index (χ2n) is 10.9. The predicted octanol–water partition coefficient (Wildman–Crippen LogP) is 8.15. The number of phenolic OH excluding ortho intramolecular Hbond substituents is 1. The van der Waals surface area contributed by atoms with Crippen LogP contribution in [0.4, 0.5) is 0 Å². The molecule has 0 aliphatic heterocycles. The fourth-order valence-corrected chi connectivity index (χ4v) is 4.33. The Hall–Kier alpha value is -1.51. The largest absolute Gasteiger partial charge is 0.507 e. The van der Waals surface area contributed by atoms with Crippen LogP contribution in [0.1, 0.15) is 140 Å². The third-order valence-corrected chi connectivity index (χ3v) is 5.98. The molecule has 0 atom stereocenters. The molecule has 0 aliphatic rings. The molecule has 0 aromatic heterocycles. The summed E-state index contributed by atoms with van der Waals surface area (Å²) < 4.78 is 0. The molecule has 0 fully saturated rings. The average molecular weight is 419 g/mol. The van der Waals surface area contributed by atoms with Crippen LogP contribution in [0.25, 0.3) is 0 Å². The summed E-state index contributed by atoms with van der Waals surface area (Å²) in [6.45, 7) is 14.5. The zero-order valence-electron chi connectivity index (χ0n) is 20.7. The van der Waals surface area contributed by atoms with Crippen LogP contribution in [-0.2, 0) is 17.3 Å². The molecule has 0 spiro atoms. The van der Waals surface area contributed by atoms with Crippen molar-refractivity contribution >= 4 is 5.97 Å². The first-order chi connectivity index (χ1) is 13.9. The standard InChI is InChI=1S/C27H46O3/c1-8-9-10-11-12-13-14-15-16-17-18-20-21(25(29)30)19-22(26(2,3)4)24(28)23(20)27(5,6)7/h19,28H,8-18H2,1-7H3,(H,29,30). The number of hydrogen-bond donors (Lipinski definition) is 2. The number of benzene rings is 1. The Morgan fingerprint density at radius 2 is 1.27 bits per heavy atom. The van der Waals surface area contributed by atoms with Crippen molar-refractivity contribution in [2.24, 2.45) is 0 Å². The summed E-state index contributed by atoms with van der Waals surface area (Å²) >= 11 is 0. The van der Waals surface area contributed by atoms with E-state index < -0.39 is 5.97 Å². The minimum Gasteiger partial charge on any atom is -0.507 e.